The summed E-state index contributed by atoms with van der Waals surface area (Å²) in [5.41, 5.74) is 2.58. The highest BCUT2D eigenvalue weighted by Gasteiger charge is 2.31. The summed E-state index contributed by atoms with van der Waals surface area (Å²) in [6.45, 7) is 0. The van der Waals surface area contributed by atoms with Gasteiger partial charge in [0, 0.05) is 11.1 Å². The van der Waals surface area contributed by atoms with Crippen LogP contribution in [0.15, 0.2) is 97.1 Å². The topological polar surface area (TPSA) is 202 Å². The summed E-state index contributed by atoms with van der Waals surface area (Å²) in [7, 11) is 0. The summed E-state index contributed by atoms with van der Waals surface area (Å²) in [6.07, 6.45) is 0. The number of rotatable bonds is 4. The molecule has 10 heteroatoms. The Kier molecular flexibility index (Phi) is 6.72. The van der Waals surface area contributed by atoms with Crippen LogP contribution in [0, 0.1) is 0 Å². The summed E-state index contributed by atoms with van der Waals surface area (Å²) in [5, 5.41) is 108. The van der Waals surface area contributed by atoms with Crippen molar-refractivity contribution in [1.82, 2.24) is 0 Å². The third-order valence-corrected chi connectivity index (χ3v) is 8.57. The van der Waals surface area contributed by atoms with Gasteiger partial charge in [-0.2, -0.15) is 0 Å². The predicted molar refractivity (Wildman–Crippen MR) is 180 cm³/mol. The smallest absolute Gasteiger partial charge is 0.208 e. The number of phenols is 10. The molecule has 0 bridgehead atoms. The average molecular weight is 643 g/mol. The fraction of sp³-hybridized carbons (Fsp3) is 0. The molecule has 0 amide bonds. The Morgan fingerprint density at radius 3 is 1.08 bits per heavy atom. The van der Waals surface area contributed by atoms with E-state index < -0.39 is 68.6 Å². The van der Waals surface area contributed by atoms with E-state index in [1.165, 1.54) is 0 Å². The lowest BCUT2D eigenvalue weighted by Crippen LogP contribution is -1.94. The van der Waals surface area contributed by atoms with Crippen LogP contribution in [0.4, 0.5) is 0 Å². The summed E-state index contributed by atoms with van der Waals surface area (Å²) in [4.78, 5) is 0. The number of fused-ring (bicyclic) bond motifs is 2. The van der Waals surface area contributed by atoms with Crippen molar-refractivity contribution in [2.45, 2.75) is 0 Å². The Hall–Kier alpha value is -6.94. The predicted octanol–water partition coefficient (Wildman–Crippen LogP) is 7.72. The SMILES string of the molecule is Oc1c(O)c(O)c(-c2c3ccccc3c(-c3c(O)c(O)c(O)c(O)c3O)c3cc(-c4cccc(-c5ccccc5)c4)ccc23)c(O)c1O. The first kappa shape index (κ1) is 29.8. The van der Waals surface area contributed by atoms with E-state index in [-0.39, 0.29) is 32.7 Å². The highest BCUT2D eigenvalue weighted by molar-refractivity contribution is 6.24. The van der Waals surface area contributed by atoms with Gasteiger partial charge in [0.15, 0.2) is 23.0 Å². The van der Waals surface area contributed by atoms with E-state index in [1.807, 2.05) is 54.6 Å². The second kappa shape index (κ2) is 10.8. The largest absolute Gasteiger partial charge is 0.504 e. The maximum absolute atomic E-state index is 11.1. The standard InChI is InChI=1S/C38H26O10/c39-29-27(30(40)34(44)37(47)33(29)43)25-21-11-4-5-12-22(21)26(28-31(41)35(45)38(48)36(46)32(28)42)24-16-20(13-14-23(24)25)19-10-6-9-18(15-19)17-7-2-1-3-8-17/h1-16,39-48H. The zero-order chi connectivity index (χ0) is 34.0. The molecule has 0 spiro atoms. The lowest BCUT2D eigenvalue weighted by atomic mass is 9.83. The van der Waals surface area contributed by atoms with Crippen LogP contribution in [0.3, 0.4) is 0 Å². The molecule has 48 heavy (non-hydrogen) atoms. The summed E-state index contributed by atoms with van der Waals surface area (Å²) < 4.78 is 0. The Morgan fingerprint density at radius 1 is 0.229 bits per heavy atom. The molecule has 0 aromatic heterocycles. The van der Waals surface area contributed by atoms with Crippen LogP contribution in [-0.4, -0.2) is 51.1 Å². The van der Waals surface area contributed by atoms with Gasteiger partial charge in [-0.1, -0.05) is 84.9 Å². The quantitative estimate of drug-likeness (QED) is 0.0514. The fourth-order valence-electron chi connectivity index (χ4n) is 6.25. The maximum Gasteiger partial charge on any atom is 0.208 e. The van der Waals surface area contributed by atoms with Gasteiger partial charge in [0.05, 0.1) is 11.1 Å². The van der Waals surface area contributed by atoms with Crippen LogP contribution in [0.25, 0.3) is 66.1 Å². The third kappa shape index (κ3) is 4.27. The summed E-state index contributed by atoms with van der Waals surface area (Å²) in [5.74, 6) is -10.4. The van der Waals surface area contributed by atoms with E-state index in [0.717, 1.165) is 16.7 Å². The number of phenolic OH excluding ortho intramolecular Hbond substituents is 10. The van der Waals surface area contributed by atoms with Gasteiger partial charge in [-0.05, 0) is 55.9 Å². The Morgan fingerprint density at radius 2 is 0.583 bits per heavy atom. The number of hydrogen-bond acceptors (Lipinski definition) is 10. The molecule has 0 atom stereocenters. The van der Waals surface area contributed by atoms with Crippen LogP contribution in [0.2, 0.25) is 0 Å². The van der Waals surface area contributed by atoms with Crippen molar-refractivity contribution in [2.75, 3.05) is 0 Å². The molecule has 0 heterocycles. The minimum absolute atomic E-state index is 0.0808. The molecular weight excluding hydrogens is 616 g/mol. The molecule has 10 nitrogen and oxygen atoms in total. The maximum atomic E-state index is 11.1. The van der Waals surface area contributed by atoms with E-state index in [1.54, 1.807) is 42.5 Å². The molecule has 0 saturated heterocycles. The molecule has 7 rings (SSSR count). The number of hydrogen-bond donors (Lipinski definition) is 10. The first-order valence-corrected chi connectivity index (χ1v) is 14.5. The van der Waals surface area contributed by atoms with Crippen molar-refractivity contribution in [3.05, 3.63) is 97.1 Å². The van der Waals surface area contributed by atoms with E-state index in [9.17, 15) is 51.1 Å². The summed E-state index contributed by atoms with van der Waals surface area (Å²) >= 11 is 0. The minimum Gasteiger partial charge on any atom is -0.504 e. The van der Waals surface area contributed by atoms with Crippen molar-refractivity contribution in [3.63, 3.8) is 0 Å². The van der Waals surface area contributed by atoms with Crippen molar-refractivity contribution < 1.29 is 51.1 Å². The van der Waals surface area contributed by atoms with Gasteiger partial charge in [-0.25, -0.2) is 0 Å². The van der Waals surface area contributed by atoms with Crippen LogP contribution >= 0.6 is 0 Å². The second-order valence-electron chi connectivity index (χ2n) is 11.2. The monoisotopic (exact) mass is 642 g/mol. The highest BCUT2D eigenvalue weighted by Crippen LogP contribution is 2.61. The lowest BCUT2D eigenvalue weighted by molar-refractivity contribution is 0.330. The molecule has 0 aliphatic rings. The van der Waals surface area contributed by atoms with Crippen LogP contribution in [-0.2, 0) is 0 Å². The lowest BCUT2D eigenvalue weighted by Gasteiger charge is -2.22. The summed E-state index contributed by atoms with van der Waals surface area (Å²) in [6, 6.07) is 28.8. The second-order valence-corrected chi connectivity index (χ2v) is 11.2. The normalized spacial score (nSPS) is 11.3. The fourth-order valence-corrected chi connectivity index (χ4v) is 6.25. The van der Waals surface area contributed by atoms with E-state index in [4.69, 9.17) is 0 Å². The van der Waals surface area contributed by atoms with Crippen molar-refractivity contribution in [2.24, 2.45) is 0 Å². The van der Waals surface area contributed by atoms with Gasteiger partial charge in [0.25, 0.3) is 0 Å². The van der Waals surface area contributed by atoms with Gasteiger partial charge in [0.2, 0.25) is 34.5 Å². The Balaban J connectivity index is 1.66. The van der Waals surface area contributed by atoms with E-state index >= 15 is 0 Å². The first-order valence-electron chi connectivity index (χ1n) is 14.5. The third-order valence-electron chi connectivity index (χ3n) is 8.57. The molecule has 7 aromatic rings. The molecule has 0 radical (unpaired) electrons. The highest BCUT2D eigenvalue weighted by atomic mass is 16.4. The average Bonchev–Trinajstić information content (AvgIpc) is 3.12. The zero-order valence-corrected chi connectivity index (χ0v) is 24.7. The molecule has 0 aliphatic heterocycles. The van der Waals surface area contributed by atoms with Crippen LogP contribution in [0.1, 0.15) is 0 Å². The molecule has 0 fully saturated rings. The van der Waals surface area contributed by atoms with Crippen molar-refractivity contribution >= 4 is 21.5 Å². The molecule has 0 unspecified atom stereocenters. The van der Waals surface area contributed by atoms with E-state index in [2.05, 4.69) is 0 Å². The van der Waals surface area contributed by atoms with Crippen LogP contribution < -0.4 is 0 Å². The van der Waals surface area contributed by atoms with Gasteiger partial charge in [-0.15, -0.1) is 0 Å². The van der Waals surface area contributed by atoms with Crippen molar-refractivity contribution in [3.8, 4) is 102 Å². The first-order chi connectivity index (χ1) is 23.0. The molecule has 0 aliphatic carbocycles. The Labute approximate surface area is 271 Å². The van der Waals surface area contributed by atoms with Gasteiger partial charge < -0.3 is 51.1 Å². The molecular formula is C38H26O10. The molecule has 10 N–H and O–H groups in total. The van der Waals surface area contributed by atoms with Gasteiger partial charge in [0.1, 0.15) is 0 Å². The molecule has 238 valence electrons. The van der Waals surface area contributed by atoms with Gasteiger partial charge >= 0.3 is 0 Å². The molecule has 0 saturated carbocycles. The number of aromatic hydroxyl groups is 10. The number of benzene rings is 7. The van der Waals surface area contributed by atoms with Crippen molar-refractivity contribution in [1.29, 1.82) is 0 Å². The Bertz CT molecular complexity index is 2390. The zero-order valence-electron chi connectivity index (χ0n) is 24.7. The van der Waals surface area contributed by atoms with Gasteiger partial charge in [-0.3, -0.25) is 0 Å². The van der Waals surface area contributed by atoms with Crippen LogP contribution in [0.5, 0.6) is 57.5 Å². The van der Waals surface area contributed by atoms with E-state index in [0.29, 0.717) is 5.56 Å². The minimum atomic E-state index is -1.14. The molecule has 7 aromatic carbocycles.